The van der Waals surface area contributed by atoms with Gasteiger partial charge in [0.1, 0.15) is 0 Å². The molecule has 0 unspecified atom stereocenters. The average molecular weight is 209 g/mol. The predicted molar refractivity (Wildman–Crippen MR) is 53.3 cm³/mol. The van der Waals surface area contributed by atoms with Crippen molar-refractivity contribution in [2.24, 2.45) is 0 Å². The summed E-state index contributed by atoms with van der Waals surface area (Å²) in [5, 5.41) is 16.1. The van der Waals surface area contributed by atoms with Crippen LogP contribution in [0, 0.1) is 0 Å². The molecule has 80 valence electrons. The van der Waals surface area contributed by atoms with E-state index in [4.69, 9.17) is 10.2 Å². The van der Waals surface area contributed by atoms with Crippen molar-refractivity contribution < 1.29 is 19.8 Å². The Morgan fingerprint density at radius 2 is 1.67 bits per heavy atom. The SMILES string of the molecule is C/C(=C/C(=O)O)C(=O)O.c1ccncc1. The van der Waals surface area contributed by atoms with E-state index in [1.165, 1.54) is 6.92 Å². The number of carboxylic acid groups (broad SMARTS) is 2. The second kappa shape index (κ2) is 7.25. The highest BCUT2D eigenvalue weighted by Crippen LogP contribution is 1.89. The van der Waals surface area contributed by atoms with Gasteiger partial charge in [-0.05, 0) is 19.1 Å². The molecule has 0 aliphatic carbocycles. The number of hydrogen-bond donors (Lipinski definition) is 2. The van der Waals surface area contributed by atoms with Gasteiger partial charge < -0.3 is 10.2 Å². The van der Waals surface area contributed by atoms with Gasteiger partial charge in [0.25, 0.3) is 0 Å². The standard InChI is InChI=1S/C5H5N.C5H6O4/c1-2-4-6-5-3-1;1-3(5(8)9)2-4(6)7/h1-5H;2H,1H3,(H,6,7)(H,8,9)/b;3-2-. The second-order valence-electron chi connectivity index (χ2n) is 2.50. The van der Waals surface area contributed by atoms with Crippen LogP contribution in [0.15, 0.2) is 42.2 Å². The fourth-order valence-corrected chi connectivity index (χ4v) is 0.560. The molecule has 0 aromatic carbocycles. The van der Waals surface area contributed by atoms with Crippen molar-refractivity contribution in [2.45, 2.75) is 6.92 Å². The number of rotatable bonds is 2. The summed E-state index contributed by atoms with van der Waals surface area (Å²) in [7, 11) is 0. The van der Waals surface area contributed by atoms with E-state index in [-0.39, 0.29) is 5.57 Å². The van der Waals surface area contributed by atoms with Gasteiger partial charge in [-0.25, -0.2) is 9.59 Å². The lowest BCUT2D eigenvalue weighted by Crippen LogP contribution is -1.99. The molecule has 1 aromatic rings. The van der Waals surface area contributed by atoms with Gasteiger partial charge in [0.15, 0.2) is 0 Å². The Kier molecular flexibility index (Phi) is 6.20. The minimum absolute atomic E-state index is 0.178. The van der Waals surface area contributed by atoms with Gasteiger partial charge >= 0.3 is 11.9 Å². The highest BCUT2D eigenvalue weighted by molar-refractivity contribution is 5.93. The van der Waals surface area contributed by atoms with Crippen LogP contribution in [0.2, 0.25) is 0 Å². The Labute approximate surface area is 86.7 Å². The zero-order chi connectivity index (χ0) is 11.7. The first-order valence-electron chi connectivity index (χ1n) is 4.03. The molecule has 0 amide bonds. The van der Waals surface area contributed by atoms with Crippen molar-refractivity contribution in [1.29, 1.82) is 0 Å². The molecule has 0 saturated carbocycles. The van der Waals surface area contributed by atoms with Gasteiger partial charge in [0, 0.05) is 24.0 Å². The molecule has 2 N–H and O–H groups in total. The van der Waals surface area contributed by atoms with Gasteiger partial charge in [-0.15, -0.1) is 0 Å². The number of pyridine rings is 1. The maximum Gasteiger partial charge on any atom is 0.331 e. The molecule has 0 atom stereocenters. The largest absolute Gasteiger partial charge is 0.478 e. The van der Waals surface area contributed by atoms with E-state index >= 15 is 0 Å². The summed E-state index contributed by atoms with van der Waals surface area (Å²) in [6.07, 6.45) is 4.14. The van der Waals surface area contributed by atoms with E-state index in [1.54, 1.807) is 12.4 Å². The van der Waals surface area contributed by atoms with E-state index in [0.717, 1.165) is 0 Å². The number of nitrogens with zero attached hydrogens (tertiary/aromatic N) is 1. The predicted octanol–water partition coefficient (Wildman–Crippen LogP) is 1.18. The number of aliphatic carboxylic acids is 2. The number of carboxylic acids is 2. The van der Waals surface area contributed by atoms with Crippen LogP contribution in [0.3, 0.4) is 0 Å². The number of carbonyl (C=O) groups is 2. The van der Waals surface area contributed by atoms with Gasteiger partial charge in [0.05, 0.1) is 0 Å². The van der Waals surface area contributed by atoms with Crippen molar-refractivity contribution in [3.05, 3.63) is 42.2 Å². The summed E-state index contributed by atoms with van der Waals surface area (Å²) in [5.74, 6) is -2.45. The zero-order valence-corrected chi connectivity index (χ0v) is 8.12. The van der Waals surface area contributed by atoms with E-state index in [9.17, 15) is 9.59 Å². The Morgan fingerprint density at radius 3 is 1.80 bits per heavy atom. The third-order valence-electron chi connectivity index (χ3n) is 1.24. The van der Waals surface area contributed by atoms with Crippen molar-refractivity contribution in [3.63, 3.8) is 0 Å². The molecule has 0 aliphatic heterocycles. The highest BCUT2D eigenvalue weighted by atomic mass is 16.4. The fraction of sp³-hybridized carbons (Fsp3) is 0.100. The second-order valence-corrected chi connectivity index (χ2v) is 2.50. The monoisotopic (exact) mass is 209 g/mol. The Morgan fingerprint density at radius 1 is 1.13 bits per heavy atom. The van der Waals surface area contributed by atoms with Gasteiger partial charge in [-0.1, -0.05) is 6.07 Å². The van der Waals surface area contributed by atoms with Crippen molar-refractivity contribution in [2.75, 3.05) is 0 Å². The molecule has 1 heterocycles. The molecule has 5 heteroatoms. The topological polar surface area (TPSA) is 87.5 Å². The van der Waals surface area contributed by atoms with Crippen LogP contribution in [-0.2, 0) is 9.59 Å². The van der Waals surface area contributed by atoms with Crippen molar-refractivity contribution in [3.8, 4) is 0 Å². The molecular formula is C10H11NO4. The third kappa shape index (κ3) is 8.17. The van der Waals surface area contributed by atoms with Crippen LogP contribution in [-0.4, -0.2) is 27.1 Å². The summed E-state index contributed by atoms with van der Waals surface area (Å²) in [6.45, 7) is 1.22. The fourth-order valence-electron chi connectivity index (χ4n) is 0.560. The quantitative estimate of drug-likeness (QED) is 0.714. The van der Waals surface area contributed by atoms with Crippen LogP contribution in [0.25, 0.3) is 0 Å². The van der Waals surface area contributed by atoms with Gasteiger partial charge in [-0.2, -0.15) is 0 Å². The van der Waals surface area contributed by atoms with Crippen LogP contribution >= 0.6 is 0 Å². The lowest BCUT2D eigenvalue weighted by molar-refractivity contribution is -0.135. The molecule has 0 fully saturated rings. The average Bonchev–Trinajstić information content (AvgIpc) is 2.20. The molecule has 0 saturated heterocycles. The minimum Gasteiger partial charge on any atom is -0.478 e. The Hall–Kier alpha value is -2.17. The zero-order valence-electron chi connectivity index (χ0n) is 8.12. The first-order valence-corrected chi connectivity index (χ1v) is 4.03. The lowest BCUT2D eigenvalue weighted by atomic mass is 10.3. The van der Waals surface area contributed by atoms with Gasteiger partial charge in [-0.3, -0.25) is 4.98 Å². The number of aromatic nitrogens is 1. The Balaban J connectivity index is 0.000000280. The smallest absolute Gasteiger partial charge is 0.331 e. The summed E-state index contributed by atoms with van der Waals surface area (Å²) in [4.78, 5) is 23.5. The molecule has 0 bridgehead atoms. The molecule has 5 nitrogen and oxygen atoms in total. The summed E-state index contributed by atoms with van der Waals surface area (Å²) in [5.41, 5.74) is -0.178. The summed E-state index contributed by atoms with van der Waals surface area (Å²) >= 11 is 0. The molecule has 1 rings (SSSR count). The van der Waals surface area contributed by atoms with Crippen molar-refractivity contribution >= 4 is 11.9 Å². The number of hydrogen-bond acceptors (Lipinski definition) is 3. The molecular weight excluding hydrogens is 198 g/mol. The molecule has 0 aliphatic rings. The summed E-state index contributed by atoms with van der Waals surface area (Å²) < 4.78 is 0. The first kappa shape index (κ1) is 12.8. The van der Waals surface area contributed by atoms with E-state index in [2.05, 4.69) is 4.98 Å². The van der Waals surface area contributed by atoms with Crippen LogP contribution < -0.4 is 0 Å². The van der Waals surface area contributed by atoms with E-state index in [1.807, 2.05) is 18.2 Å². The maximum atomic E-state index is 9.90. The van der Waals surface area contributed by atoms with Crippen LogP contribution in [0.5, 0.6) is 0 Å². The molecule has 0 spiro atoms. The third-order valence-corrected chi connectivity index (χ3v) is 1.24. The van der Waals surface area contributed by atoms with Crippen molar-refractivity contribution in [1.82, 2.24) is 4.98 Å². The van der Waals surface area contributed by atoms with Crippen LogP contribution in [0.4, 0.5) is 0 Å². The highest BCUT2D eigenvalue weighted by Gasteiger charge is 2.00. The van der Waals surface area contributed by atoms with E-state index in [0.29, 0.717) is 6.08 Å². The van der Waals surface area contributed by atoms with E-state index < -0.39 is 11.9 Å². The minimum atomic E-state index is -1.24. The normalized spacial score (nSPS) is 9.80. The van der Waals surface area contributed by atoms with Crippen LogP contribution in [0.1, 0.15) is 6.92 Å². The molecule has 0 radical (unpaired) electrons. The molecule has 15 heavy (non-hydrogen) atoms. The molecule has 1 aromatic heterocycles. The first-order chi connectivity index (χ1) is 7.04. The summed E-state index contributed by atoms with van der Waals surface area (Å²) in [6, 6.07) is 5.72. The lowest BCUT2D eigenvalue weighted by Gasteiger charge is -1.86. The maximum absolute atomic E-state index is 9.90. The van der Waals surface area contributed by atoms with Gasteiger partial charge in [0.2, 0.25) is 0 Å². The Bertz CT molecular complexity index is 319.